The lowest BCUT2D eigenvalue weighted by Crippen LogP contribution is -2.30. The molecule has 0 radical (unpaired) electrons. The van der Waals surface area contributed by atoms with Crippen molar-refractivity contribution < 1.29 is 14.3 Å². The van der Waals surface area contributed by atoms with E-state index in [1.54, 1.807) is 20.5 Å². The molecule has 156 valence electrons. The fourth-order valence-electron chi connectivity index (χ4n) is 3.28. The second-order valence-electron chi connectivity index (χ2n) is 6.84. The number of ether oxygens (including phenoxy) is 2. The van der Waals surface area contributed by atoms with Crippen molar-refractivity contribution in [2.75, 3.05) is 44.5 Å². The number of amides is 1. The molecule has 1 fully saturated rings. The first-order valence-corrected chi connectivity index (χ1v) is 10.9. The van der Waals surface area contributed by atoms with Crippen molar-refractivity contribution in [2.45, 2.75) is 30.7 Å². The maximum atomic E-state index is 12.2. The van der Waals surface area contributed by atoms with E-state index in [9.17, 15) is 4.79 Å². The number of anilines is 1. The van der Waals surface area contributed by atoms with Crippen molar-refractivity contribution in [1.29, 1.82) is 0 Å². The minimum absolute atomic E-state index is 0.00592. The Hall–Kier alpha value is -2.48. The van der Waals surface area contributed by atoms with Crippen molar-refractivity contribution >= 4 is 23.5 Å². The molecule has 2 heterocycles. The minimum Gasteiger partial charge on any atom is -0.493 e. The Balaban J connectivity index is 1.43. The van der Waals surface area contributed by atoms with Crippen molar-refractivity contribution in [3.8, 4) is 11.5 Å². The number of benzene rings is 1. The van der Waals surface area contributed by atoms with Crippen LogP contribution in [0.5, 0.6) is 11.5 Å². The van der Waals surface area contributed by atoms with Crippen molar-refractivity contribution in [3.05, 3.63) is 36.2 Å². The average molecular weight is 417 g/mol. The van der Waals surface area contributed by atoms with Crippen LogP contribution < -0.4 is 19.7 Å². The van der Waals surface area contributed by atoms with Gasteiger partial charge >= 0.3 is 0 Å². The lowest BCUT2D eigenvalue weighted by atomic mass is 10.1. The molecule has 1 aliphatic heterocycles. The summed E-state index contributed by atoms with van der Waals surface area (Å²) in [5.41, 5.74) is 1.08. The third kappa shape index (κ3) is 6.25. The van der Waals surface area contributed by atoms with Gasteiger partial charge in [0.1, 0.15) is 17.2 Å². The summed E-state index contributed by atoms with van der Waals surface area (Å²) in [6.45, 7) is 2.65. The molecule has 29 heavy (non-hydrogen) atoms. The summed E-state index contributed by atoms with van der Waals surface area (Å²) >= 11 is 1.44. The molecule has 0 spiro atoms. The van der Waals surface area contributed by atoms with Gasteiger partial charge < -0.3 is 19.7 Å². The summed E-state index contributed by atoms with van der Waals surface area (Å²) in [5, 5.41) is 3.79. The molecule has 1 aliphatic rings. The van der Waals surface area contributed by atoms with Gasteiger partial charge in [0.15, 0.2) is 11.5 Å². The van der Waals surface area contributed by atoms with Gasteiger partial charge in [-0.1, -0.05) is 17.8 Å². The highest BCUT2D eigenvalue weighted by molar-refractivity contribution is 7.99. The zero-order valence-corrected chi connectivity index (χ0v) is 17.8. The van der Waals surface area contributed by atoms with Crippen LogP contribution in [-0.2, 0) is 11.2 Å². The lowest BCUT2D eigenvalue weighted by Gasteiger charge is -2.27. The van der Waals surface area contributed by atoms with Crippen LogP contribution in [0.25, 0.3) is 0 Å². The third-order valence-corrected chi connectivity index (χ3v) is 5.77. The average Bonchev–Trinajstić information content (AvgIpc) is 2.78. The minimum atomic E-state index is -0.00592. The van der Waals surface area contributed by atoms with E-state index in [2.05, 4.69) is 20.2 Å². The van der Waals surface area contributed by atoms with E-state index in [0.29, 0.717) is 23.8 Å². The first-order valence-electron chi connectivity index (χ1n) is 9.87. The van der Waals surface area contributed by atoms with Gasteiger partial charge in [0, 0.05) is 25.7 Å². The van der Waals surface area contributed by atoms with E-state index in [1.807, 2.05) is 24.3 Å². The molecular formula is C21H28N4O3S. The van der Waals surface area contributed by atoms with Crippen LogP contribution in [0, 0.1) is 0 Å². The van der Waals surface area contributed by atoms with E-state index >= 15 is 0 Å². The molecule has 1 aromatic carbocycles. The molecule has 2 aromatic rings. The number of rotatable bonds is 9. The smallest absolute Gasteiger partial charge is 0.230 e. The lowest BCUT2D eigenvalue weighted by molar-refractivity contribution is -0.118. The number of thioether (sulfide) groups is 1. The number of carbonyl (C=O) groups excluding carboxylic acids is 1. The predicted octanol–water partition coefficient (Wildman–Crippen LogP) is 2.94. The Morgan fingerprint density at radius 3 is 2.66 bits per heavy atom. The largest absolute Gasteiger partial charge is 0.493 e. The second-order valence-corrected chi connectivity index (χ2v) is 7.84. The van der Waals surface area contributed by atoms with E-state index in [4.69, 9.17) is 9.47 Å². The number of methoxy groups -OCH3 is 2. The van der Waals surface area contributed by atoms with Crippen LogP contribution in [0.2, 0.25) is 0 Å². The number of hydrogen-bond acceptors (Lipinski definition) is 7. The molecule has 0 bridgehead atoms. The predicted molar refractivity (Wildman–Crippen MR) is 115 cm³/mol. The molecule has 1 saturated heterocycles. The van der Waals surface area contributed by atoms with E-state index in [-0.39, 0.29) is 5.91 Å². The number of hydrogen-bond donors (Lipinski definition) is 1. The number of nitrogens with one attached hydrogen (secondary N) is 1. The highest BCUT2D eigenvalue weighted by Gasteiger charge is 2.13. The quantitative estimate of drug-likeness (QED) is 0.497. The van der Waals surface area contributed by atoms with Gasteiger partial charge in [0.05, 0.1) is 20.0 Å². The number of aromatic nitrogens is 2. The topological polar surface area (TPSA) is 76.6 Å². The molecule has 7 nitrogen and oxygen atoms in total. The zero-order chi connectivity index (χ0) is 20.5. The fraction of sp³-hybridized carbons (Fsp3) is 0.476. The van der Waals surface area contributed by atoms with Crippen LogP contribution in [0.1, 0.15) is 24.8 Å². The summed E-state index contributed by atoms with van der Waals surface area (Å²) in [6, 6.07) is 7.77. The van der Waals surface area contributed by atoms with E-state index in [0.717, 1.165) is 35.9 Å². The monoisotopic (exact) mass is 416 g/mol. The molecule has 1 aromatic heterocycles. The first kappa shape index (κ1) is 21.2. The van der Waals surface area contributed by atoms with Crippen LogP contribution in [0.4, 0.5) is 5.82 Å². The highest BCUT2D eigenvalue weighted by atomic mass is 32.2. The zero-order valence-electron chi connectivity index (χ0n) is 17.0. The Bertz CT molecular complexity index is 812. The standard InChI is InChI=1S/C21H28N4O3S/c1-27-17-7-6-16(12-18(17)28-2)8-9-22-20(26)14-29-21-13-19(23-15-24-21)25-10-4-3-5-11-25/h6-7,12-13,15H,3-5,8-11,14H2,1-2H3,(H,22,26). The van der Waals surface area contributed by atoms with E-state index < -0.39 is 0 Å². The number of piperidine rings is 1. The molecule has 0 aliphatic carbocycles. The van der Waals surface area contributed by atoms with Crippen LogP contribution in [0.15, 0.2) is 35.6 Å². The van der Waals surface area contributed by atoms with Crippen LogP contribution >= 0.6 is 11.8 Å². The SMILES string of the molecule is COc1ccc(CCNC(=O)CSc2cc(N3CCCCC3)ncn2)cc1OC. The number of carbonyl (C=O) groups is 1. The Morgan fingerprint density at radius 1 is 1.10 bits per heavy atom. The van der Waals surface area contributed by atoms with Crippen LogP contribution in [-0.4, -0.2) is 55.5 Å². The highest BCUT2D eigenvalue weighted by Crippen LogP contribution is 2.27. The maximum Gasteiger partial charge on any atom is 0.230 e. The summed E-state index contributed by atoms with van der Waals surface area (Å²) in [6.07, 6.45) is 6.00. The second kappa shape index (κ2) is 10.9. The van der Waals surface area contributed by atoms with Gasteiger partial charge in [-0.2, -0.15) is 0 Å². The van der Waals surface area contributed by atoms with Gasteiger partial charge in [0.25, 0.3) is 0 Å². The summed E-state index contributed by atoms with van der Waals surface area (Å²) in [7, 11) is 3.23. The van der Waals surface area contributed by atoms with Gasteiger partial charge in [0.2, 0.25) is 5.91 Å². The van der Waals surface area contributed by atoms with Crippen molar-refractivity contribution in [3.63, 3.8) is 0 Å². The molecule has 1 amide bonds. The summed E-state index contributed by atoms with van der Waals surface area (Å²) < 4.78 is 10.6. The molecule has 8 heteroatoms. The molecule has 0 atom stereocenters. The third-order valence-electron chi connectivity index (χ3n) is 4.84. The summed E-state index contributed by atoms with van der Waals surface area (Å²) in [4.78, 5) is 23.1. The fourth-order valence-corrected chi connectivity index (χ4v) is 3.97. The maximum absolute atomic E-state index is 12.2. The molecule has 0 saturated carbocycles. The van der Waals surface area contributed by atoms with Crippen molar-refractivity contribution in [1.82, 2.24) is 15.3 Å². The van der Waals surface area contributed by atoms with E-state index in [1.165, 1.54) is 31.0 Å². The molecule has 0 unspecified atom stereocenters. The van der Waals surface area contributed by atoms with Crippen LogP contribution in [0.3, 0.4) is 0 Å². The molecule has 1 N–H and O–H groups in total. The normalized spacial score (nSPS) is 13.8. The first-order chi connectivity index (χ1) is 14.2. The van der Waals surface area contributed by atoms with Gasteiger partial charge in [-0.15, -0.1) is 0 Å². The Morgan fingerprint density at radius 2 is 1.90 bits per heavy atom. The van der Waals surface area contributed by atoms with Crippen molar-refractivity contribution in [2.24, 2.45) is 0 Å². The Labute approximate surface area is 176 Å². The summed E-state index contributed by atoms with van der Waals surface area (Å²) in [5.74, 6) is 2.68. The van der Waals surface area contributed by atoms with Gasteiger partial charge in [-0.25, -0.2) is 9.97 Å². The molecular weight excluding hydrogens is 388 g/mol. The van der Waals surface area contributed by atoms with Gasteiger partial charge in [-0.05, 0) is 43.4 Å². The Kier molecular flexibility index (Phi) is 7.98. The molecule has 3 rings (SSSR count). The van der Waals surface area contributed by atoms with Gasteiger partial charge in [-0.3, -0.25) is 4.79 Å². The number of nitrogens with zero attached hydrogens (tertiary/aromatic N) is 3.